The summed E-state index contributed by atoms with van der Waals surface area (Å²) in [6.07, 6.45) is 2.45. The van der Waals surface area contributed by atoms with Gasteiger partial charge in [0.05, 0.1) is 31.3 Å². The highest BCUT2D eigenvalue weighted by molar-refractivity contribution is 7.89. The van der Waals surface area contributed by atoms with E-state index in [1.165, 1.54) is 0 Å². The summed E-state index contributed by atoms with van der Waals surface area (Å²) in [5, 5.41) is 0. The van der Waals surface area contributed by atoms with E-state index in [9.17, 15) is 8.42 Å². The summed E-state index contributed by atoms with van der Waals surface area (Å²) in [5.74, 6) is 2.05. The largest absolute Gasteiger partial charge is 0.497 e. The van der Waals surface area contributed by atoms with Gasteiger partial charge in [-0.25, -0.2) is 8.42 Å². The second-order valence-electron chi connectivity index (χ2n) is 6.71. The molecule has 2 aliphatic rings. The maximum Gasteiger partial charge on any atom is 0.243 e. The average Bonchev–Trinajstić information content (AvgIpc) is 3.08. The predicted octanol–water partition coefficient (Wildman–Crippen LogP) is 3.38. The molecule has 1 fully saturated rings. The Bertz CT molecular complexity index is 910. The van der Waals surface area contributed by atoms with E-state index < -0.39 is 10.0 Å². The molecule has 0 amide bonds. The van der Waals surface area contributed by atoms with Gasteiger partial charge in [0.2, 0.25) is 10.0 Å². The Balaban J connectivity index is 1.64. The van der Waals surface area contributed by atoms with Crippen molar-refractivity contribution < 1.29 is 22.6 Å². The number of nitrogens with zero attached hydrogens (tertiary/aromatic N) is 1. The average molecular weight is 389 g/mol. The van der Waals surface area contributed by atoms with Gasteiger partial charge in [0.1, 0.15) is 5.75 Å². The van der Waals surface area contributed by atoms with Crippen LogP contribution < -0.4 is 14.2 Å². The number of fused-ring (bicyclic) bond motifs is 1. The van der Waals surface area contributed by atoms with Crippen molar-refractivity contribution in [1.82, 2.24) is 4.31 Å². The van der Waals surface area contributed by atoms with Gasteiger partial charge in [0, 0.05) is 13.0 Å². The Morgan fingerprint density at radius 1 is 1.00 bits per heavy atom. The van der Waals surface area contributed by atoms with E-state index in [0.717, 1.165) is 30.6 Å². The molecule has 27 heavy (non-hydrogen) atoms. The first-order valence-corrected chi connectivity index (χ1v) is 10.6. The molecule has 2 aliphatic heterocycles. The van der Waals surface area contributed by atoms with Gasteiger partial charge >= 0.3 is 0 Å². The van der Waals surface area contributed by atoms with Crippen LogP contribution in [0, 0.1) is 0 Å². The van der Waals surface area contributed by atoms with Crippen LogP contribution in [0.15, 0.2) is 47.4 Å². The van der Waals surface area contributed by atoms with E-state index in [-0.39, 0.29) is 10.9 Å². The van der Waals surface area contributed by atoms with Crippen molar-refractivity contribution in [2.45, 2.75) is 30.2 Å². The molecule has 144 valence electrons. The van der Waals surface area contributed by atoms with E-state index in [4.69, 9.17) is 14.2 Å². The molecule has 2 heterocycles. The minimum atomic E-state index is -3.58. The molecular weight excluding hydrogens is 366 g/mol. The summed E-state index contributed by atoms with van der Waals surface area (Å²) < 4.78 is 44.6. The molecule has 7 heteroatoms. The second kappa shape index (κ2) is 7.40. The SMILES string of the molecule is COc1ccc(S(=O)(=O)N2CCCC2c2ccc3c(c2)OCCCO3)cc1. The van der Waals surface area contributed by atoms with E-state index in [1.807, 2.05) is 18.2 Å². The lowest BCUT2D eigenvalue weighted by Gasteiger charge is -2.25. The highest BCUT2D eigenvalue weighted by atomic mass is 32.2. The quantitative estimate of drug-likeness (QED) is 0.802. The highest BCUT2D eigenvalue weighted by Crippen LogP contribution is 2.40. The standard InChI is InChI=1S/C20H23NO5S/c1-24-16-6-8-17(9-7-16)27(22,23)21-11-2-4-18(21)15-5-10-19-20(14-15)26-13-3-12-25-19/h5-10,14,18H,2-4,11-13H2,1H3. The zero-order valence-electron chi connectivity index (χ0n) is 15.3. The van der Waals surface area contributed by atoms with Gasteiger partial charge in [0.15, 0.2) is 11.5 Å². The zero-order valence-corrected chi connectivity index (χ0v) is 16.1. The van der Waals surface area contributed by atoms with Gasteiger partial charge in [-0.2, -0.15) is 4.31 Å². The first-order valence-electron chi connectivity index (χ1n) is 9.15. The summed E-state index contributed by atoms with van der Waals surface area (Å²) >= 11 is 0. The number of sulfonamides is 1. The Morgan fingerprint density at radius 2 is 1.74 bits per heavy atom. The van der Waals surface area contributed by atoms with Crippen LogP contribution in [0.2, 0.25) is 0 Å². The molecule has 0 bridgehead atoms. The number of hydrogen-bond acceptors (Lipinski definition) is 5. The van der Waals surface area contributed by atoms with Crippen molar-refractivity contribution in [1.29, 1.82) is 0 Å². The minimum Gasteiger partial charge on any atom is -0.497 e. The lowest BCUT2D eigenvalue weighted by atomic mass is 10.0. The van der Waals surface area contributed by atoms with Crippen molar-refractivity contribution in [3.8, 4) is 17.2 Å². The molecule has 0 N–H and O–H groups in total. The molecule has 0 aliphatic carbocycles. The van der Waals surface area contributed by atoms with Crippen LogP contribution in [-0.4, -0.2) is 39.6 Å². The van der Waals surface area contributed by atoms with E-state index in [0.29, 0.717) is 31.3 Å². The third-order valence-corrected chi connectivity index (χ3v) is 6.95. The molecule has 1 atom stereocenters. The monoisotopic (exact) mass is 389 g/mol. The molecule has 1 unspecified atom stereocenters. The van der Waals surface area contributed by atoms with Crippen molar-refractivity contribution >= 4 is 10.0 Å². The molecular formula is C20H23NO5S. The van der Waals surface area contributed by atoms with E-state index >= 15 is 0 Å². The van der Waals surface area contributed by atoms with Crippen LogP contribution in [0.5, 0.6) is 17.2 Å². The Labute approximate surface area is 159 Å². The van der Waals surface area contributed by atoms with E-state index in [2.05, 4.69) is 0 Å². The first-order chi connectivity index (χ1) is 13.1. The lowest BCUT2D eigenvalue weighted by molar-refractivity contribution is 0.296. The molecule has 0 radical (unpaired) electrons. The molecule has 0 spiro atoms. The van der Waals surface area contributed by atoms with Crippen LogP contribution >= 0.6 is 0 Å². The fourth-order valence-corrected chi connectivity index (χ4v) is 5.31. The highest BCUT2D eigenvalue weighted by Gasteiger charge is 2.36. The molecule has 1 saturated heterocycles. The molecule has 6 nitrogen and oxygen atoms in total. The van der Waals surface area contributed by atoms with Gasteiger partial charge in [0.25, 0.3) is 0 Å². The normalized spacial score (nSPS) is 20.3. The third kappa shape index (κ3) is 3.49. The Kier molecular flexibility index (Phi) is 4.97. The van der Waals surface area contributed by atoms with E-state index in [1.54, 1.807) is 35.7 Å². The predicted molar refractivity (Wildman–Crippen MR) is 101 cm³/mol. The maximum absolute atomic E-state index is 13.2. The second-order valence-corrected chi connectivity index (χ2v) is 8.60. The van der Waals surface area contributed by atoms with Crippen LogP contribution in [0.25, 0.3) is 0 Å². The minimum absolute atomic E-state index is 0.200. The summed E-state index contributed by atoms with van der Waals surface area (Å²) in [7, 11) is -2.02. The topological polar surface area (TPSA) is 65.1 Å². The van der Waals surface area contributed by atoms with Crippen LogP contribution in [0.1, 0.15) is 30.9 Å². The maximum atomic E-state index is 13.2. The van der Waals surface area contributed by atoms with Gasteiger partial charge in [-0.05, 0) is 54.8 Å². The molecule has 0 aromatic heterocycles. The third-order valence-electron chi connectivity index (χ3n) is 5.03. The van der Waals surface area contributed by atoms with Crippen molar-refractivity contribution in [3.05, 3.63) is 48.0 Å². The number of hydrogen-bond donors (Lipinski definition) is 0. The lowest BCUT2D eigenvalue weighted by Crippen LogP contribution is -2.30. The smallest absolute Gasteiger partial charge is 0.243 e. The Hall–Kier alpha value is -2.25. The number of ether oxygens (including phenoxy) is 3. The number of methoxy groups -OCH3 is 1. The van der Waals surface area contributed by atoms with Crippen LogP contribution in [0.4, 0.5) is 0 Å². The first kappa shape index (κ1) is 18.1. The van der Waals surface area contributed by atoms with Crippen LogP contribution in [-0.2, 0) is 10.0 Å². The zero-order chi connectivity index (χ0) is 18.9. The Morgan fingerprint density at radius 3 is 2.48 bits per heavy atom. The van der Waals surface area contributed by atoms with Gasteiger partial charge < -0.3 is 14.2 Å². The molecule has 2 aromatic carbocycles. The summed E-state index contributed by atoms with van der Waals surface area (Å²) in [6.45, 7) is 1.75. The fourth-order valence-electron chi connectivity index (χ4n) is 3.63. The molecule has 0 saturated carbocycles. The molecule has 4 rings (SSSR count). The van der Waals surface area contributed by atoms with Gasteiger partial charge in [-0.1, -0.05) is 6.07 Å². The van der Waals surface area contributed by atoms with Crippen LogP contribution in [0.3, 0.4) is 0 Å². The van der Waals surface area contributed by atoms with Crippen molar-refractivity contribution in [2.24, 2.45) is 0 Å². The summed E-state index contributed by atoms with van der Waals surface area (Å²) in [6, 6.07) is 12.1. The molecule has 2 aromatic rings. The summed E-state index contributed by atoms with van der Waals surface area (Å²) in [4.78, 5) is 0.282. The van der Waals surface area contributed by atoms with Gasteiger partial charge in [-0.15, -0.1) is 0 Å². The number of rotatable bonds is 4. The fraction of sp³-hybridized carbons (Fsp3) is 0.400. The van der Waals surface area contributed by atoms with Crippen molar-refractivity contribution in [3.63, 3.8) is 0 Å². The van der Waals surface area contributed by atoms with Crippen molar-refractivity contribution in [2.75, 3.05) is 26.9 Å². The van der Waals surface area contributed by atoms with Gasteiger partial charge in [-0.3, -0.25) is 0 Å². The number of benzene rings is 2. The summed E-state index contributed by atoms with van der Waals surface area (Å²) in [5.41, 5.74) is 0.939.